The minimum absolute atomic E-state index is 0.122. The van der Waals surface area contributed by atoms with Crippen molar-refractivity contribution in [1.29, 1.82) is 0 Å². The quantitative estimate of drug-likeness (QED) is 0.159. The van der Waals surface area contributed by atoms with E-state index < -0.39 is 49.4 Å². The van der Waals surface area contributed by atoms with Crippen LogP contribution in [0.5, 0.6) is 5.75 Å². The fraction of sp³-hybridized carbons (Fsp3) is 0.500. The molecule has 0 aliphatic carbocycles. The molecule has 0 unspecified atom stereocenters. The molecule has 12 nitrogen and oxygen atoms in total. The van der Waals surface area contributed by atoms with Gasteiger partial charge in [-0.2, -0.15) is 0 Å². The second-order valence-corrected chi connectivity index (χ2v) is 15.6. The summed E-state index contributed by atoms with van der Waals surface area (Å²) in [4.78, 5) is 13.9. The van der Waals surface area contributed by atoms with Gasteiger partial charge in [0.1, 0.15) is 48.2 Å². The smallest absolute Gasteiger partial charge is 0.475 e. The first-order valence-electron chi connectivity index (χ1n) is 15.7. The van der Waals surface area contributed by atoms with Gasteiger partial charge in [-0.05, 0) is 73.1 Å². The van der Waals surface area contributed by atoms with E-state index in [0.717, 1.165) is 11.1 Å². The molecule has 2 aromatic carbocycles. The predicted molar refractivity (Wildman–Crippen MR) is 175 cm³/mol. The van der Waals surface area contributed by atoms with Gasteiger partial charge in [-0.1, -0.05) is 42.5 Å². The molecule has 47 heavy (non-hydrogen) atoms. The molecule has 6 rings (SSSR count). The number of nitrogens with zero attached hydrogens (tertiary/aromatic N) is 4. The highest BCUT2D eigenvalue weighted by Gasteiger charge is 2.57. The van der Waals surface area contributed by atoms with Crippen molar-refractivity contribution in [1.82, 2.24) is 19.5 Å². The van der Waals surface area contributed by atoms with Crippen molar-refractivity contribution >= 4 is 19.0 Å². The lowest BCUT2D eigenvalue weighted by Crippen LogP contribution is -2.33. The molecular weight excluding hydrogens is 623 g/mol. The molecule has 2 aliphatic heterocycles. The van der Waals surface area contributed by atoms with Crippen molar-refractivity contribution in [2.45, 2.75) is 104 Å². The Hall–Kier alpha value is -3.22. The molecule has 4 heterocycles. The normalized spacial score (nSPS) is 22.9. The molecule has 2 aliphatic rings. The number of hydrogen-bond acceptors (Lipinski definition) is 11. The third-order valence-electron chi connectivity index (χ3n) is 7.28. The van der Waals surface area contributed by atoms with Crippen molar-refractivity contribution < 1.29 is 37.1 Å². The number of phosphoric acid groups is 1. The summed E-state index contributed by atoms with van der Waals surface area (Å²) in [6.07, 6.45) is 0.759. The predicted octanol–water partition coefficient (Wildman–Crippen LogP) is 7.24. The summed E-state index contributed by atoms with van der Waals surface area (Å²) >= 11 is 0. The number of rotatable bonds is 10. The molecule has 4 atom stereocenters. The van der Waals surface area contributed by atoms with E-state index in [-0.39, 0.29) is 6.61 Å². The monoisotopic (exact) mass is 666 g/mol. The van der Waals surface area contributed by atoms with Crippen molar-refractivity contribution in [2.24, 2.45) is 0 Å². The Morgan fingerprint density at radius 3 is 2.30 bits per heavy atom. The van der Waals surface area contributed by atoms with Crippen LogP contribution < -0.4 is 4.74 Å². The van der Waals surface area contributed by atoms with E-state index in [0.29, 0.717) is 29.2 Å². The van der Waals surface area contributed by atoms with Gasteiger partial charge in [0, 0.05) is 5.56 Å². The van der Waals surface area contributed by atoms with Crippen LogP contribution >= 0.6 is 7.82 Å². The molecule has 252 valence electrons. The number of imidazole rings is 1. The Balaban J connectivity index is 1.25. The van der Waals surface area contributed by atoms with Crippen LogP contribution in [0.25, 0.3) is 22.4 Å². The first kappa shape index (κ1) is 33.7. The highest BCUT2D eigenvalue weighted by Crippen LogP contribution is 2.56. The molecule has 13 heteroatoms. The maximum absolute atomic E-state index is 13.8. The highest BCUT2D eigenvalue weighted by molar-refractivity contribution is 7.48. The second-order valence-electron chi connectivity index (χ2n) is 14.1. The zero-order chi connectivity index (χ0) is 33.6. The van der Waals surface area contributed by atoms with E-state index in [1.165, 1.54) is 6.33 Å². The summed E-state index contributed by atoms with van der Waals surface area (Å²) < 4.78 is 58.3. The second kappa shape index (κ2) is 12.7. The zero-order valence-electron chi connectivity index (χ0n) is 28.1. The Kier molecular flexibility index (Phi) is 9.08. The topological polar surface area (TPSA) is 125 Å². The van der Waals surface area contributed by atoms with Gasteiger partial charge < -0.3 is 18.9 Å². The van der Waals surface area contributed by atoms with Gasteiger partial charge in [0.25, 0.3) is 0 Å². The van der Waals surface area contributed by atoms with Crippen molar-refractivity contribution in [3.05, 3.63) is 72.8 Å². The maximum atomic E-state index is 13.8. The van der Waals surface area contributed by atoms with Crippen LogP contribution in [0.2, 0.25) is 0 Å². The van der Waals surface area contributed by atoms with E-state index in [2.05, 4.69) is 9.97 Å². The SMILES string of the molecule is CC(C)(C)OP(=O)(OC[C@H]1O[C@@H](n2cnc3c(-c4cccc(OCc5ccccc5)c4)ncnc32)[C@@H]2OC(C)(C)O[C@@H]21)OC(C)(C)C. The molecule has 2 saturated heterocycles. The van der Waals surface area contributed by atoms with Gasteiger partial charge in [-0.15, -0.1) is 0 Å². The summed E-state index contributed by atoms with van der Waals surface area (Å²) in [5.74, 6) is -0.177. The van der Waals surface area contributed by atoms with Gasteiger partial charge in [-0.25, -0.2) is 19.5 Å². The van der Waals surface area contributed by atoms with Crippen molar-refractivity contribution in [3.63, 3.8) is 0 Å². The average Bonchev–Trinajstić information content (AvgIpc) is 3.64. The number of benzene rings is 2. The number of fused-ring (bicyclic) bond motifs is 2. The summed E-state index contributed by atoms with van der Waals surface area (Å²) in [5.41, 5.74) is 2.15. The van der Waals surface area contributed by atoms with E-state index in [1.807, 2.05) is 73.0 Å². The first-order valence-corrected chi connectivity index (χ1v) is 17.2. The van der Waals surface area contributed by atoms with E-state index in [4.69, 9.17) is 37.5 Å². The van der Waals surface area contributed by atoms with Crippen LogP contribution in [0.1, 0.15) is 67.2 Å². The van der Waals surface area contributed by atoms with E-state index >= 15 is 0 Å². The molecule has 2 aromatic heterocycles. The molecule has 0 N–H and O–H groups in total. The van der Waals surface area contributed by atoms with Crippen LogP contribution in [0, 0.1) is 0 Å². The van der Waals surface area contributed by atoms with Gasteiger partial charge in [0.15, 0.2) is 17.7 Å². The summed E-state index contributed by atoms with van der Waals surface area (Å²) in [5, 5.41) is 0. The van der Waals surface area contributed by atoms with Gasteiger partial charge in [-0.3, -0.25) is 18.1 Å². The minimum atomic E-state index is -4.00. The lowest BCUT2D eigenvalue weighted by molar-refractivity contribution is -0.199. The fourth-order valence-electron chi connectivity index (χ4n) is 5.65. The Bertz CT molecular complexity index is 1730. The Labute approximate surface area is 275 Å². The molecule has 4 aromatic rings. The molecule has 2 fully saturated rings. The molecule has 0 saturated carbocycles. The van der Waals surface area contributed by atoms with E-state index in [1.54, 1.807) is 47.9 Å². The van der Waals surface area contributed by atoms with Crippen molar-refractivity contribution in [2.75, 3.05) is 6.61 Å². The standard InChI is InChI=1S/C34H43N4O8P/c1-32(2,3)45-47(39,46-33(4,5)6)41-19-25-28-29(44-34(7,8)43-28)31(42-25)38-21-37-27-26(35-20-36-30(27)38)23-15-12-16-24(17-23)40-18-22-13-10-9-11-14-22/h9-17,20-21,25,28-29,31H,18-19H2,1-8H3/t25-,28-,29-,31-/m1/s1. The zero-order valence-corrected chi connectivity index (χ0v) is 29.0. The van der Waals surface area contributed by atoms with Crippen LogP contribution in [0.15, 0.2) is 67.3 Å². The lowest BCUT2D eigenvalue weighted by atomic mass is 10.1. The van der Waals surface area contributed by atoms with Gasteiger partial charge >= 0.3 is 7.82 Å². The number of hydrogen-bond donors (Lipinski definition) is 0. The third-order valence-corrected chi connectivity index (χ3v) is 9.29. The minimum Gasteiger partial charge on any atom is -0.489 e. The first-order chi connectivity index (χ1) is 22.1. The fourth-order valence-corrected chi connectivity index (χ4v) is 7.46. The molecular formula is C34H43N4O8P. The highest BCUT2D eigenvalue weighted by atomic mass is 31.2. The van der Waals surface area contributed by atoms with E-state index in [9.17, 15) is 4.57 Å². The molecule has 0 bridgehead atoms. The number of ether oxygens (including phenoxy) is 4. The van der Waals surface area contributed by atoms with Crippen LogP contribution in [-0.4, -0.2) is 61.4 Å². The Morgan fingerprint density at radius 1 is 0.894 bits per heavy atom. The number of phosphoric ester groups is 1. The summed E-state index contributed by atoms with van der Waals surface area (Å²) in [7, 11) is -4.00. The van der Waals surface area contributed by atoms with Crippen LogP contribution in [0.3, 0.4) is 0 Å². The van der Waals surface area contributed by atoms with Gasteiger partial charge in [0.05, 0.1) is 24.1 Å². The maximum Gasteiger partial charge on any atom is 0.475 e. The molecule has 0 amide bonds. The third kappa shape index (κ3) is 7.92. The van der Waals surface area contributed by atoms with Crippen LogP contribution in [-0.2, 0) is 39.0 Å². The molecule has 0 spiro atoms. The Morgan fingerprint density at radius 2 is 1.60 bits per heavy atom. The van der Waals surface area contributed by atoms with Gasteiger partial charge in [0.2, 0.25) is 0 Å². The summed E-state index contributed by atoms with van der Waals surface area (Å²) in [6.45, 7) is 14.7. The lowest BCUT2D eigenvalue weighted by Gasteiger charge is -2.32. The average molecular weight is 667 g/mol. The summed E-state index contributed by atoms with van der Waals surface area (Å²) in [6, 6.07) is 17.7. The number of aromatic nitrogens is 4. The molecule has 0 radical (unpaired) electrons. The van der Waals surface area contributed by atoms with Crippen LogP contribution in [0.4, 0.5) is 0 Å². The largest absolute Gasteiger partial charge is 0.489 e. The van der Waals surface area contributed by atoms with Crippen molar-refractivity contribution in [3.8, 4) is 17.0 Å².